The molecule has 2 amide bonds. The Morgan fingerprint density at radius 1 is 1.39 bits per heavy atom. The highest BCUT2D eigenvalue weighted by Crippen LogP contribution is 2.37. The molecule has 2 atom stereocenters. The molecule has 0 aromatic carbocycles. The number of carbonyl (C=O) groups is 2. The zero-order valence-electron chi connectivity index (χ0n) is 11.1. The lowest BCUT2D eigenvalue weighted by atomic mass is 10.0. The van der Waals surface area contributed by atoms with E-state index in [-0.39, 0.29) is 23.9 Å². The first kappa shape index (κ1) is 13.7. The fraction of sp³-hybridized carbons (Fsp3) is 0.846. The van der Waals surface area contributed by atoms with Crippen LogP contribution in [0, 0.1) is 5.92 Å². The third-order valence-electron chi connectivity index (χ3n) is 3.73. The van der Waals surface area contributed by atoms with Crippen molar-refractivity contribution < 1.29 is 9.59 Å². The van der Waals surface area contributed by atoms with Gasteiger partial charge in [-0.25, -0.2) is 0 Å². The van der Waals surface area contributed by atoms with Crippen LogP contribution in [0.2, 0.25) is 0 Å². The molecular formula is C13H22N2O2S. The second-order valence-corrected chi connectivity index (χ2v) is 6.12. The molecule has 0 spiro atoms. The highest BCUT2D eigenvalue weighted by Gasteiger charge is 2.46. The van der Waals surface area contributed by atoms with Gasteiger partial charge in [-0.1, -0.05) is 6.92 Å². The molecule has 1 aliphatic carbocycles. The van der Waals surface area contributed by atoms with Gasteiger partial charge in [0.05, 0.1) is 0 Å². The van der Waals surface area contributed by atoms with E-state index in [1.54, 1.807) is 11.8 Å². The van der Waals surface area contributed by atoms with Gasteiger partial charge in [-0.05, 0) is 43.6 Å². The molecule has 0 aromatic heterocycles. The molecule has 0 aromatic rings. The van der Waals surface area contributed by atoms with Gasteiger partial charge in [-0.2, -0.15) is 11.8 Å². The Hall–Kier alpha value is -0.710. The average Bonchev–Trinajstić information content (AvgIpc) is 3.17. The predicted octanol–water partition coefficient (Wildman–Crippen LogP) is 1.26. The van der Waals surface area contributed by atoms with Crippen molar-refractivity contribution in [1.82, 2.24) is 10.2 Å². The Labute approximate surface area is 113 Å². The Bertz CT molecular complexity index is 331. The van der Waals surface area contributed by atoms with Crippen LogP contribution < -0.4 is 5.32 Å². The molecule has 1 aliphatic heterocycles. The number of nitrogens with zero attached hydrogens (tertiary/aromatic N) is 1. The van der Waals surface area contributed by atoms with Crippen molar-refractivity contribution in [3.63, 3.8) is 0 Å². The van der Waals surface area contributed by atoms with Crippen molar-refractivity contribution >= 4 is 23.6 Å². The van der Waals surface area contributed by atoms with Crippen LogP contribution in [0.15, 0.2) is 0 Å². The van der Waals surface area contributed by atoms with E-state index in [0.29, 0.717) is 12.3 Å². The third-order valence-corrected chi connectivity index (χ3v) is 4.42. The molecule has 2 rings (SSSR count). The zero-order valence-corrected chi connectivity index (χ0v) is 12.0. The van der Waals surface area contributed by atoms with Gasteiger partial charge in [-0.3, -0.25) is 9.59 Å². The minimum atomic E-state index is -0.304. The number of hydrogen-bond donors (Lipinski definition) is 1. The van der Waals surface area contributed by atoms with Crippen molar-refractivity contribution in [2.24, 2.45) is 5.92 Å². The molecule has 4 nitrogen and oxygen atoms in total. The fourth-order valence-corrected chi connectivity index (χ4v) is 3.00. The average molecular weight is 270 g/mol. The summed E-state index contributed by atoms with van der Waals surface area (Å²) in [6.07, 6.45) is 5.89. The Morgan fingerprint density at radius 3 is 2.67 bits per heavy atom. The van der Waals surface area contributed by atoms with Gasteiger partial charge in [0.15, 0.2) is 0 Å². The molecule has 2 fully saturated rings. The van der Waals surface area contributed by atoms with Crippen LogP contribution in [0.1, 0.15) is 32.6 Å². The van der Waals surface area contributed by atoms with Crippen LogP contribution in [0.4, 0.5) is 0 Å². The van der Waals surface area contributed by atoms with Gasteiger partial charge in [0.25, 0.3) is 0 Å². The number of nitrogens with one attached hydrogen (secondary N) is 1. The fourth-order valence-electron chi connectivity index (χ4n) is 2.58. The van der Waals surface area contributed by atoms with Gasteiger partial charge in [0.1, 0.15) is 12.1 Å². The summed E-state index contributed by atoms with van der Waals surface area (Å²) in [6, 6.07) is -0.496. The van der Waals surface area contributed by atoms with E-state index in [0.717, 1.165) is 31.6 Å². The first-order valence-corrected chi connectivity index (χ1v) is 8.18. The van der Waals surface area contributed by atoms with E-state index in [1.807, 2.05) is 11.8 Å². The van der Waals surface area contributed by atoms with E-state index in [2.05, 4.69) is 11.6 Å². The van der Waals surface area contributed by atoms with Crippen molar-refractivity contribution in [2.45, 2.75) is 44.7 Å². The minimum Gasteiger partial charge on any atom is -0.343 e. The van der Waals surface area contributed by atoms with Gasteiger partial charge in [0.2, 0.25) is 11.8 Å². The summed E-state index contributed by atoms with van der Waals surface area (Å²) in [5.41, 5.74) is 0. The molecule has 2 unspecified atom stereocenters. The summed E-state index contributed by atoms with van der Waals surface area (Å²) in [5.74, 6) is 1.63. The minimum absolute atomic E-state index is 0.0631. The van der Waals surface area contributed by atoms with Crippen molar-refractivity contribution in [2.75, 3.05) is 18.6 Å². The first-order chi connectivity index (χ1) is 8.69. The molecule has 1 saturated carbocycles. The summed E-state index contributed by atoms with van der Waals surface area (Å²) in [6.45, 7) is 2.67. The summed E-state index contributed by atoms with van der Waals surface area (Å²) < 4.78 is 0. The van der Waals surface area contributed by atoms with E-state index in [1.165, 1.54) is 0 Å². The van der Waals surface area contributed by atoms with Crippen LogP contribution in [0.3, 0.4) is 0 Å². The van der Waals surface area contributed by atoms with Crippen LogP contribution in [-0.2, 0) is 9.59 Å². The smallest absolute Gasteiger partial charge is 0.245 e. The molecule has 2 aliphatic rings. The normalized spacial score (nSPS) is 28.4. The summed E-state index contributed by atoms with van der Waals surface area (Å²) in [5, 5.41) is 2.87. The second-order valence-electron chi connectivity index (χ2n) is 5.13. The molecule has 1 N–H and O–H groups in total. The lowest BCUT2D eigenvalue weighted by Gasteiger charge is -2.39. The van der Waals surface area contributed by atoms with Crippen LogP contribution >= 0.6 is 11.8 Å². The lowest BCUT2D eigenvalue weighted by Crippen LogP contribution is -2.64. The first-order valence-electron chi connectivity index (χ1n) is 6.78. The van der Waals surface area contributed by atoms with Gasteiger partial charge >= 0.3 is 0 Å². The van der Waals surface area contributed by atoms with Crippen LogP contribution in [0.5, 0.6) is 0 Å². The summed E-state index contributed by atoms with van der Waals surface area (Å²) in [7, 11) is 0. The predicted molar refractivity (Wildman–Crippen MR) is 73.4 cm³/mol. The molecule has 102 valence electrons. The number of piperazine rings is 1. The molecule has 0 bridgehead atoms. The topological polar surface area (TPSA) is 49.4 Å². The van der Waals surface area contributed by atoms with Crippen LogP contribution in [-0.4, -0.2) is 47.4 Å². The Balaban J connectivity index is 2.06. The highest BCUT2D eigenvalue weighted by molar-refractivity contribution is 7.98. The van der Waals surface area contributed by atoms with Crippen molar-refractivity contribution in [3.05, 3.63) is 0 Å². The maximum atomic E-state index is 12.3. The van der Waals surface area contributed by atoms with Crippen molar-refractivity contribution in [1.29, 1.82) is 0 Å². The molecule has 0 radical (unpaired) electrons. The maximum Gasteiger partial charge on any atom is 0.245 e. The standard InChI is InChI=1S/C13H22N2O2S/c1-3-10-13(17)15(7-4-8-18-2)11(9-5-6-9)12(16)14-10/h9-11H,3-8H2,1-2H3,(H,14,16). The number of amides is 2. The molecule has 18 heavy (non-hydrogen) atoms. The zero-order chi connectivity index (χ0) is 13.1. The molecular weight excluding hydrogens is 248 g/mol. The molecule has 5 heteroatoms. The monoisotopic (exact) mass is 270 g/mol. The number of carbonyl (C=O) groups excluding carboxylic acids is 2. The number of hydrogen-bond acceptors (Lipinski definition) is 3. The van der Waals surface area contributed by atoms with Crippen molar-refractivity contribution in [3.8, 4) is 0 Å². The van der Waals surface area contributed by atoms with Gasteiger partial charge < -0.3 is 10.2 Å². The largest absolute Gasteiger partial charge is 0.343 e. The summed E-state index contributed by atoms with van der Waals surface area (Å²) in [4.78, 5) is 26.3. The van der Waals surface area contributed by atoms with E-state index < -0.39 is 0 Å². The third kappa shape index (κ3) is 2.82. The number of thioether (sulfide) groups is 1. The van der Waals surface area contributed by atoms with E-state index >= 15 is 0 Å². The number of rotatable bonds is 6. The lowest BCUT2D eigenvalue weighted by molar-refractivity contribution is -0.150. The van der Waals surface area contributed by atoms with Gasteiger partial charge in [0, 0.05) is 6.54 Å². The Morgan fingerprint density at radius 2 is 2.11 bits per heavy atom. The SMILES string of the molecule is CCC1NC(=O)C(C2CC2)N(CCCSC)C1=O. The second kappa shape index (κ2) is 5.95. The van der Waals surface area contributed by atoms with Crippen LogP contribution in [0.25, 0.3) is 0 Å². The van der Waals surface area contributed by atoms with E-state index in [9.17, 15) is 9.59 Å². The van der Waals surface area contributed by atoms with E-state index in [4.69, 9.17) is 0 Å². The summed E-state index contributed by atoms with van der Waals surface area (Å²) >= 11 is 1.79. The van der Waals surface area contributed by atoms with Gasteiger partial charge in [-0.15, -0.1) is 0 Å². The molecule has 1 heterocycles. The molecule has 1 saturated heterocycles. The Kier molecular flexibility index (Phi) is 4.54. The quantitative estimate of drug-likeness (QED) is 0.739. The highest BCUT2D eigenvalue weighted by atomic mass is 32.2. The maximum absolute atomic E-state index is 12.3.